The Morgan fingerprint density at radius 1 is 1.32 bits per heavy atom. The molecule has 0 amide bonds. The predicted octanol–water partition coefficient (Wildman–Crippen LogP) is 2.74. The van der Waals surface area contributed by atoms with Crippen LogP contribution >= 0.6 is 11.3 Å². The minimum Gasteiger partial charge on any atom is -0.508 e. The topological polar surface area (TPSA) is 63.3 Å². The van der Waals surface area contributed by atoms with E-state index in [4.69, 9.17) is 0 Å². The third-order valence-corrected chi connectivity index (χ3v) is 4.33. The van der Waals surface area contributed by atoms with Crippen molar-refractivity contribution in [3.8, 4) is 16.3 Å². The van der Waals surface area contributed by atoms with Crippen LogP contribution in [0.25, 0.3) is 15.5 Å². The molecule has 6 heteroatoms. The first-order valence-corrected chi connectivity index (χ1v) is 7.06. The molecule has 0 aliphatic heterocycles. The molecular formula is C13H12N4OS. The van der Waals surface area contributed by atoms with Crippen LogP contribution in [0.2, 0.25) is 0 Å². The standard InChI is InChI=1S/C13H12N4OS/c1-7-6-9(18)4-5-10(7)12-16-17-11(8-2-3-8)14-15-13(17)19-12/h4-6,8,18H,2-3H2,1H3. The van der Waals surface area contributed by atoms with Crippen molar-refractivity contribution >= 4 is 16.3 Å². The zero-order chi connectivity index (χ0) is 13.0. The first-order chi connectivity index (χ1) is 9.22. The van der Waals surface area contributed by atoms with E-state index in [0.29, 0.717) is 5.92 Å². The Kier molecular flexibility index (Phi) is 2.17. The lowest BCUT2D eigenvalue weighted by molar-refractivity contribution is 0.475. The molecule has 0 radical (unpaired) electrons. The van der Waals surface area contributed by atoms with E-state index >= 15 is 0 Å². The number of benzene rings is 1. The average molecular weight is 272 g/mol. The van der Waals surface area contributed by atoms with Crippen LogP contribution in [0.4, 0.5) is 0 Å². The van der Waals surface area contributed by atoms with Gasteiger partial charge in [0.15, 0.2) is 5.82 Å². The monoisotopic (exact) mass is 272 g/mol. The van der Waals surface area contributed by atoms with Crippen LogP contribution in [0.5, 0.6) is 5.75 Å². The van der Waals surface area contributed by atoms with Crippen molar-refractivity contribution in [1.29, 1.82) is 0 Å². The fraction of sp³-hybridized carbons (Fsp3) is 0.308. The number of phenols is 1. The van der Waals surface area contributed by atoms with E-state index in [1.54, 1.807) is 12.1 Å². The molecule has 2 heterocycles. The maximum Gasteiger partial charge on any atom is 0.234 e. The number of phenolic OH excluding ortho intramolecular Hbond substituents is 1. The van der Waals surface area contributed by atoms with E-state index in [9.17, 15) is 5.11 Å². The first kappa shape index (κ1) is 10.9. The molecule has 0 spiro atoms. The van der Waals surface area contributed by atoms with Crippen molar-refractivity contribution in [2.45, 2.75) is 25.7 Å². The summed E-state index contributed by atoms with van der Waals surface area (Å²) in [6.45, 7) is 1.97. The quantitative estimate of drug-likeness (QED) is 0.779. The van der Waals surface area contributed by atoms with Gasteiger partial charge in [0.2, 0.25) is 4.96 Å². The molecule has 3 aromatic rings. The van der Waals surface area contributed by atoms with Crippen molar-refractivity contribution in [2.24, 2.45) is 0 Å². The molecule has 1 N–H and O–H groups in total. The molecule has 0 atom stereocenters. The normalized spacial score (nSPS) is 15.2. The second-order valence-electron chi connectivity index (χ2n) is 4.93. The molecule has 0 saturated heterocycles. The average Bonchev–Trinajstić information content (AvgIpc) is 2.99. The Morgan fingerprint density at radius 3 is 2.89 bits per heavy atom. The minimum absolute atomic E-state index is 0.280. The minimum atomic E-state index is 0.280. The van der Waals surface area contributed by atoms with Gasteiger partial charge in [-0.3, -0.25) is 0 Å². The van der Waals surface area contributed by atoms with Crippen molar-refractivity contribution < 1.29 is 5.11 Å². The Labute approximate surface area is 113 Å². The lowest BCUT2D eigenvalue weighted by Gasteiger charge is -2.01. The molecule has 4 rings (SSSR count). The van der Waals surface area contributed by atoms with E-state index < -0.39 is 0 Å². The summed E-state index contributed by atoms with van der Waals surface area (Å²) in [4.78, 5) is 0.837. The third-order valence-electron chi connectivity index (χ3n) is 3.40. The Balaban J connectivity index is 1.86. The third kappa shape index (κ3) is 1.71. The van der Waals surface area contributed by atoms with Crippen LogP contribution in [0.3, 0.4) is 0 Å². The molecule has 1 aliphatic carbocycles. The van der Waals surface area contributed by atoms with Gasteiger partial charge >= 0.3 is 0 Å². The summed E-state index contributed by atoms with van der Waals surface area (Å²) >= 11 is 1.53. The van der Waals surface area contributed by atoms with Crippen molar-refractivity contribution in [2.75, 3.05) is 0 Å². The number of nitrogens with zero attached hydrogens (tertiary/aromatic N) is 4. The van der Waals surface area contributed by atoms with Crippen LogP contribution in [0.1, 0.15) is 30.1 Å². The number of aromatic hydroxyl groups is 1. The highest BCUT2D eigenvalue weighted by atomic mass is 32.1. The van der Waals surface area contributed by atoms with Gasteiger partial charge in [-0.1, -0.05) is 11.3 Å². The molecule has 19 heavy (non-hydrogen) atoms. The molecule has 0 unspecified atom stereocenters. The van der Waals surface area contributed by atoms with E-state index in [0.717, 1.165) is 26.9 Å². The Hall–Kier alpha value is -1.95. The van der Waals surface area contributed by atoms with E-state index in [1.165, 1.54) is 24.2 Å². The van der Waals surface area contributed by atoms with Gasteiger partial charge in [0.1, 0.15) is 10.8 Å². The van der Waals surface area contributed by atoms with Gasteiger partial charge in [0.25, 0.3) is 0 Å². The van der Waals surface area contributed by atoms with Crippen molar-refractivity contribution in [3.63, 3.8) is 0 Å². The molecule has 1 aromatic carbocycles. The van der Waals surface area contributed by atoms with E-state index in [-0.39, 0.29) is 5.75 Å². The molecule has 2 aromatic heterocycles. The summed E-state index contributed by atoms with van der Waals surface area (Å²) < 4.78 is 1.87. The molecule has 1 saturated carbocycles. The highest BCUT2D eigenvalue weighted by Crippen LogP contribution is 2.40. The predicted molar refractivity (Wildman–Crippen MR) is 72.5 cm³/mol. The zero-order valence-corrected chi connectivity index (χ0v) is 11.2. The fourth-order valence-corrected chi connectivity index (χ4v) is 3.16. The lowest BCUT2D eigenvalue weighted by Crippen LogP contribution is -1.93. The summed E-state index contributed by atoms with van der Waals surface area (Å²) in [5, 5.41) is 23.4. The van der Waals surface area contributed by atoms with Crippen molar-refractivity contribution in [1.82, 2.24) is 19.8 Å². The summed E-state index contributed by atoms with van der Waals surface area (Å²) in [5.74, 6) is 1.79. The van der Waals surface area contributed by atoms with Gasteiger partial charge in [0.05, 0.1) is 0 Å². The van der Waals surface area contributed by atoms with Gasteiger partial charge in [-0.05, 0) is 43.5 Å². The van der Waals surface area contributed by atoms with Gasteiger partial charge in [-0.15, -0.1) is 10.2 Å². The lowest BCUT2D eigenvalue weighted by atomic mass is 10.1. The second kappa shape index (κ2) is 3.77. The SMILES string of the molecule is Cc1cc(O)ccc1-c1nn2c(C3CC3)nnc2s1. The summed E-state index contributed by atoms with van der Waals surface area (Å²) in [5.41, 5.74) is 2.05. The summed E-state index contributed by atoms with van der Waals surface area (Å²) in [6, 6.07) is 5.33. The van der Waals surface area contributed by atoms with Crippen molar-refractivity contribution in [3.05, 3.63) is 29.6 Å². The van der Waals surface area contributed by atoms with Crippen LogP contribution in [0.15, 0.2) is 18.2 Å². The number of aromatic nitrogens is 4. The van der Waals surface area contributed by atoms with Crippen LogP contribution < -0.4 is 0 Å². The largest absolute Gasteiger partial charge is 0.508 e. The van der Waals surface area contributed by atoms with Gasteiger partial charge in [0, 0.05) is 11.5 Å². The highest BCUT2D eigenvalue weighted by Gasteiger charge is 2.30. The van der Waals surface area contributed by atoms with E-state index in [2.05, 4.69) is 15.3 Å². The molecule has 96 valence electrons. The molecular weight excluding hydrogens is 260 g/mol. The molecule has 1 fully saturated rings. The maximum absolute atomic E-state index is 9.46. The van der Waals surface area contributed by atoms with Gasteiger partial charge in [-0.2, -0.15) is 9.61 Å². The Bertz CT molecular complexity index is 772. The highest BCUT2D eigenvalue weighted by molar-refractivity contribution is 7.19. The van der Waals surface area contributed by atoms with Gasteiger partial charge in [-0.25, -0.2) is 0 Å². The Morgan fingerprint density at radius 2 is 2.16 bits per heavy atom. The number of hydrogen-bond donors (Lipinski definition) is 1. The van der Waals surface area contributed by atoms with Gasteiger partial charge < -0.3 is 5.11 Å². The van der Waals surface area contributed by atoms with Crippen LogP contribution in [-0.2, 0) is 0 Å². The zero-order valence-electron chi connectivity index (χ0n) is 10.4. The number of rotatable bonds is 2. The maximum atomic E-state index is 9.46. The summed E-state index contributed by atoms with van der Waals surface area (Å²) in [7, 11) is 0. The first-order valence-electron chi connectivity index (χ1n) is 6.24. The molecule has 5 nitrogen and oxygen atoms in total. The number of hydrogen-bond acceptors (Lipinski definition) is 5. The smallest absolute Gasteiger partial charge is 0.234 e. The second-order valence-corrected chi connectivity index (χ2v) is 5.89. The molecule has 0 bridgehead atoms. The van der Waals surface area contributed by atoms with E-state index in [1.807, 2.05) is 17.5 Å². The van der Waals surface area contributed by atoms with Crippen LogP contribution in [-0.4, -0.2) is 24.9 Å². The number of aryl methyl sites for hydroxylation is 1. The summed E-state index contributed by atoms with van der Waals surface area (Å²) in [6.07, 6.45) is 2.37. The molecule has 1 aliphatic rings. The fourth-order valence-electron chi connectivity index (χ4n) is 2.22. The van der Waals surface area contributed by atoms with Crippen LogP contribution in [0, 0.1) is 6.92 Å². The number of fused-ring (bicyclic) bond motifs is 1.